The van der Waals surface area contributed by atoms with Gasteiger partial charge in [0, 0.05) is 51.8 Å². The van der Waals surface area contributed by atoms with Crippen LogP contribution in [0.5, 0.6) is 0 Å². The number of piperidine rings is 1. The molecule has 0 saturated carbocycles. The number of ether oxygens (including phenoxy) is 1. The molecule has 2 aromatic rings. The molecule has 0 spiro atoms. The molecule has 1 aromatic carbocycles. The average Bonchev–Trinajstić information content (AvgIpc) is 2.96. The third-order valence-corrected chi connectivity index (χ3v) is 4.71. The number of aromatic amines is 1. The number of carbonyl (C=O) groups excluding carboxylic acids is 1. The van der Waals surface area contributed by atoms with Crippen molar-refractivity contribution < 1.29 is 13.9 Å². The molecule has 6 heteroatoms. The second-order valence-corrected chi connectivity index (χ2v) is 6.42. The van der Waals surface area contributed by atoms with Crippen LogP contribution in [0.1, 0.15) is 30.9 Å². The second kappa shape index (κ2) is 7.32. The number of benzene rings is 1. The molecule has 0 unspecified atom stereocenters. The van der Waals surface area contributed by atoms with Crippen molar-refractivity contribution in [3.05, 3.63) is 35.3 Å². The topological polar surface area (TPSA) is 57.4 Å². The molecule has 0 aliphatic carbocycles. The smallest absolute Gasteiger partial charge is 0.217 e. The van der Waals surface area contributed by atoms with Crippen LogP contribution in [-0.4, -0.2) is 42.1 Å². The molecule has 5 nitrogen and oxygen atoms in total. The van der Waals surface area contributed by atoms with Gasteiger partial charge in [0.15, 0.2) is 0 Å². The number of likely N-dealkylation sites (tertiary alicyclic amines) is 1. The van der Waals surface area contributed by atoms with Crippen LogP contribution >= 0.6 is 0 Å². The summed E-state index contributed by atoms with van der Waals surface area (Å²) in [7, 11) is 1.76. The third kappa shape index (κ3) is 3.76. The summed E-state index contributed by atoms with van der Waals surface area (Å²) in [5, 5.41) is 3.60. The summed E-state index contributed by atoms with van der Waals surface area (Å²) in [5.41, 5.74) is 2.81. The Morgan fingerprint density at radius 3 is 2.79 bits per heavy atom. The van der Waals surface area contributed by atoms with E-state index in [-0.39, 0.29) is 11.7 Å². The van der Waals surface area contributed by atoms with E-state index in [4.69, 9.17) is 4.74 Å². The lowest BCUT2D eigenvalue weighted by Gasteiger charge is -2.31. The van der Waals surface area contributed by atoms with Crippen molar-refractivity contribution in [1.29, 1.82) is 0 Å². The molecule has 1 aliphatic heterocycles. The van der Waals surface area contributed by atoms with Gasteiger partial charge in [-0.2, -0.15) is 0 Å². The summed E-state index contributed by atoms with van der Waals surface area (Å²) in [4.78, 5) is 16.7. The van der Waals surface area contributed by atoms with E-state index < -0.39 is 0 Å². The van der Waals surface area contributed by atoms with Gasteiger partial charge in [0.2, 0.25) is 5.91 Å². The van der Waals surface area contributed by atoms with Gasteiger partial charge in [-0.05, 0) is 36.1 Å². The number of nitrogens with one attached hydrogen (secondary N) is 2. The molecule has 2 heterocycles. The highest BCUT2D eigenvalue weighted by Crippen LogP contribution is 2.26. The van der Waals surface area contributed by atoms with Crippen LogP contribution in [0.4, 0.5) is 4.39 Å². The van der Waals surface area contributed by atoms with Crippen LogP contribution in [-0.2, 0) is 22.6 Å². The highest BCUT2D eigenvalue weighted by molar-refractivity contribution is 5.86. The fourth-order valence-corrected chi connectivity index (χ4v) is 3.36. The molecule has 1 aromatic heterocycles. The largest absolute Gasteiger partial charge is 0.381 e. The Kier molecular flexibility index (Phi) is 5.16. The number of fused-ring (bicyclic) bond motifs is 1. The van der Waals surface area contributed by atoms with E-state index in [1.807, 2.05) is 6.20 Å². The van der Waals surface area contributed by atoms with E-state index in [0.717, 1.165) is 48.0 Å². The Balaban J connectivity index is 1.79. The summed E-state index contributed by atoms with van der Waals surface area (Å²) >= 11 is 0. The molecular weight excluding hydrogens is 309 g/mol. The molecule has 0 bridgehead atoms. The zero-order valence-electron chi connectivity index (χ0n) is 14.2. The highest BCUT2D eigenvalue weighted by Gasteiger charge is 2.20. The number of nitrogens with zero attached hydrogens (tertiary/aromatic N) is 1. The van der Waals surface area contributed by atoms with Gasteiger partial charge in [-0.25, -0.2) is 4.39 Å². The Morgan fingerprint density at radius 2 is 2.12 bits per heavy atom. The summed E-state index contributed by atoms with van der Waals surface area (Å²) < 4.78 is 19.5. The SMILES string of the molecule is COC1CCN(Cc2cc(F)cc3c(CNC(C)=O)c[nH]c23)CC1. The minimum absolute atomic E-state index is 0.0954. The molecule has 0 radical (unpaired) electrons. The van der Waals surface area contributed by atoms with Crippen LogP contribution in [0.15, 0.2) is 18.3 Å². The standard InChI is InChI=1S/C18H24FN3O2/c1-12(23)20-9-14-10-21-18-13(7-15(19)8-17(14)18)11-22-5-3-16(24-2)4-6-22/h7-8,10,16,21H,3-6,9,11H2,1-2H3,(H,20,23). The number of halogens is 1. The maximum absolute atomic E-state index is 14.1. The Bertz CT molecular complexity index is 720. The number of H-pyrrole nitrogens is 1. The van der Waals surface area contributed by atoms with E-state index in [1.165, 1.54) is 13.0 Å². The number of rotatable bonds is 5. The minimum atomic E-state index is -0.243. The third-order valence-electron chi connectivity index (χ3n) is 4.71. The monoisotopic (exact) mass is 333 g/mol. The first-order valence-electron chi connectivity index (χ1n) is 8.34. The summed E-state index contributed by atoms with van der Waals surface area (Å²) in [6.07, 6.45) is 4.20. The fraction of sp³-hybridized carbons (Fsp3) is 0.500. The van der Waals surface area contributed by atoms with Crippen molar-refractivity contribution in [3.8, 4) is 0 Å². The van der Waals surface area contributed by atoms with Crippen LogP contribution in [0, 0.1) is 5.82 Å². The number of hydrogen-bond donors (Lipinski definition) is 2. The molecule has 24 heavy (non-hydrogen) atoms. The maximum Gasteiger partial charge on any atom is 0.217 e. The van der Waals surface area contributed by atoms with E-state index >= 15 is 0 Å². The molecule has 3 rings (SSSR count). The lowest BCUT2D eigenvalue weighted by atomic mass is 10.0. The van der Waals surface area contributed by atoms with Crippen molar-refractivity contribution in [2.45, 2.75) is 39.0 Å². The van der Waals surface area contributed by atoms with Crippen molar-refractivity contribution in [2.75, 3.05) is 20.2 Å². The first kappa shape index (κ1) is 16.9. The summed E-state index contributed by atoms with van der Waals surface area (Å²) in [6, 6.07) is 3.13. The number of amides is 1. The number of carbonyl (C=O) groups is 1. The molecule has 1 amide bonds. The fourth-order valence-electron chi connectivity index (χ4n) is 3.36. The van der Waals surface area contributed by atoms with Crippen LogP contribution in [0.2, 0.25) is 0 Å². The van der Waals surface area contributed by atoms with Gasteiger partial charge in [0.05, 0.1) is 11.6 Å². The number of methoxy groups -OCH3 is 1. The van der Waals surface area contributed by atoms with Crippen LogP contribution in [0.25, 0.3) is 10.9 Å². The lowest BCUT2D eigenvalue weighted by Crippen LogP contribution is -2.36. The van der Waals surface area contributed by atoms with E-state index in [1.54, 1.807) is 13.2 Å². The van der Waals surface area contributed by atoms with Crippen molar-refractivity contribution in [3.63, 3.8) is 0 Å². The Labute approximate surface area is 141 Å². The molecular formula is C18H24FN3O2. The van der Waals surface area contributed by atoms with Gasteiger partial charge in [-0.3, -0.25) is 9.69 Å². The zero-order valence-corrected chi connectivity index (χ0v) is 14.2. The van der Waals surface area contributed by atoms with E-state index in [0.29, 0.717) is 19.2 Å². The molecule has 1 aliphatic rings. The first-order valence-corrected chi connectivity index (χ1v) is 8.34. The maximum atomic E-state index is 14.1. The number of hydrogen-bond acceptors (Lipinski definition) is 3. The molecule has 130 valence electrons. The van der Waals surface area contributed by atoms with Crippen molar-refractivity contribution >= 4 is 16.8 Å². The summed E-state index contributed by atoms with van der Waals surface area (Å²) in [6.45, 7) is 4.50. The van der Waals surface area contributed by atoms with Gasteiger partial charge in [-0.15, -0.1) is 0 Å². The van der Waals surface area contributed by atoms with Gasteiger partial charge in [-0.1, -0.05) is 0 Å². The Morgan fingerprint density at radius 1 is 1.38 bits per heavy atom. The molecule has 2 N–H and O–H groups in total. The molecule has 1 fully saturated rings. The zero-order chi connectivity index (χ0) is 17.1. The highest BCUT2D eigenvalue weighted by atomic mass is 19.1. The normalized spacial score (nSPS) is 16.6. The first-order chi connectivity index (χ1) is 11.6. The van der Waals surface area contributed by atoms with Gasteiger partial charge < -0.3 is 15.0 Å². The van der Waals surface area contributed by atoms with Crippen LogP contribution in [0.3, 0.4) is 0 Å². The summed E-state index contributed by atoms with van der Waals surface area (Å²) in [5.74, 6) is -0.338. The Hall–Kier alpha value is -1.92. The van der Waals surface area contributed by atoms with Gasteiger partial charge in [0.25, 0.3) is 0 Å². The van der Waals surface area contributed by atoms with Crippen molar-refractivity contribution in [1.82, 2.24) is 15.2 Å². The predicted octanol–water partition coefficient (Wildman–Crippen LogP) is 2.55. The lowest BCUT2D eigenvalue weighted by molar-refractivity contribution is -0.119. The van der Waals surface area contributed by atoms with Gasteiger partial charge in [0.1, 0.15) is 5.82 Å². The second-order valence-electron chi connectivity index (χ2n) is 6.42. The van der Waals surface area contributed by atoms with Crippen molar-refractivity contribution in [2.24, 2.45) is 0 Å². The molecule has 0 atom stereocenters. The van der Waals surface area contributed by atoms with Gasteiger partial charge >= 0.3 is 0 Å². The van der Waals surface area contributed by atoms with E-state index in [9.17, 15) is 9.18 Å². The van der Waals surface area contributed by atoms with Crippen LogP contribution < -0.4 is 5.32 Å². The van der Waals surface area contributed by atoms with E-state index in [2.05, 4.69) is 15.2 Å². The quantitative estimate of drug-likeness (QED) is 0.884. The minimum Gasteiger partial charge on any atom is -0.381 e. The average molecular weight is 333 g/mol. The predicted molar refractivity (Wildman–Crippen MR) is 91.1 cm³/mol. The number of aromatic nitrogens is 1. The molecule has 1 saturated heterocycles.